The smallest absolute Gasteiger partial charge is 0.255 e. The molecule has 2 aromatic carbocycles. The Kier molecular flexibility index (Phi) is 6.94. The van der Waals surface area contributed by atoms with Crippen molar-refractivity contribution in [1.82, 2.24) is 10.2 Å². The lowest BCUT2D eigenvalue weighted by molar-refractivity contribution is 0.0929. The maximum Gasteiger partial charge on any atom is 0.255 e. The molecule has 1 fully saturated rings. The third-order valence-corrected chi connectivity index (χ3v) is 6.01. The molecule has 0 radical (unpaired) electrons. The maximum absolute atomic E-state index is 14.0. The zero-order valence-corrected chi connectivity index (χ0v) is 18.4. The maximum atomic E-state index is 14.0. The average Bonchev–Trinajstić information content (AvgIpc) is 2.76. The Hall–Kier alpha value is -2.94. The number of ether oxygens (including phenoxy) is 1. The fourth-order valence-corrected chi connectivity index (χ4v) is 4.09. The fourth-order valence-electron chi connectivity index (χ4n) is 3.78. The highest BCUT2D eigenvalue weighted by Gasteiger charge is 2.36. The van der Waals surface area contributed by atoms with E-state index in [2.05, 4.69) is 9.71 Å². The van der Waals surface area contributed by atoms with Crippen LogP contribution in [0.15, 0.2) is 52.9 Å². The fraction of sp³-hybridized carbons (Fsp3) is 0.364. The first-order valence-electron chi connectivity index (χ1n) is 9.89. The van der Waals surface area contributed by atoms with Crippen LogP contribution < -0.4 is 10.1 Å². The summed E-state index contributed by atoms with van der Waals surface area (Å²) in [6, 6.07) is 13.4. The molecule has 0 aliphatic carbocycles. The average molecular weight is 448 g/mol. The van der Waals surface area contributed by atoms with Gasteiger partial charge in [-0.3, -0.25) is 4.79 Å². The van der Waals surface area contributed by atoms with Gasteiger partial charge in [0.15, 0.2) is 0 Å². The van der Waals surface area contributed by atoms with Crippen LogP contribution in [-0.2, 0) is 15.4 Å². The number of carbonyl (C=O) groups is 1. The highest BCUT2D eigenvalue weighted by Crippen LogP contribution is 2.35. The minimum atomic E-state index is -3.46. The highest BCUT2D eigenvalue weighted by molar-refractivity contribution is 7.89. The lowest BCUT2D eigenvalue weighted by Crippen LogP contribution is -2.48. The Balaban J connectivity index is 1.80. The van der Waals surface area contributed by atoms with Gasteiger partial charge in [-0.1, -0.05) is 24.3 Å². The molecule has 0 aromatic heterocycles. The number of nitrogens with one attached hydrogen (secondary N) is 1. The first-order valence-corrected chi connectivity index (χ1v) is 11.7. The van der Waals surface area contributed by atoms with Gasteiger partial charge in [0.05, 0.1) is 18.9 Å². The number of hydrogen-bond donors (Lipinski definition) is 1. The molecule has 0 bridgehead atoms. The van der Waals surface area contributed by atoms with E-state index in [9.17, 15) is 17.6 Å². The van der Waals surface area contributed by atoms with E-state index in [0.717, 1.165) is 11.8 Å². The number of rotatable bonds is 7. The van der Waals surface area contributed by atoms with Crippen LogP contribution in [0.5, 0.6) is 5.75 Å². The molecule has 0 unspecified atom stereocenters. The quantitative estimate of drug-likeness (QED) is 0.521. The van der Waals surface area contributed by atoms with Gasteiger partial charge < -0.3 is 15.0 Å². The molecule has 0 atom stereocenters. The van der Waals surface area contributed by atoms with Gasteiger partial charge in [-0.05, 0) is 42.7 Å². The normalized spacial score (nSPS) is 16.3. The van der Waals surface area contributed by atoms with E-state index >= 15 is 0 Å². The molecule has 1 amide bonds. The molecule has 0 spiro atoms. The molecule has 2 aromatic rings. The molecule has 1 aliphatic rings. The van der Waals surface area contributed by atoms with Crippen molar-refractivity contribution in [1.29, 1.82) is 0 Å². The number of benzene rings is 2. The van der Waals surface area contributed by atoms with E-state index in [0.29, 0.717) is 43.8 Å². The van der Waals surface area contributed by atoms with Gasteiger partial charge in [-0.2, -0.15) is 4.40 Å². The summed E-state index contributed by atoms with van der Waals surface area (Å²) in [5.41, 5.74) is 0.736. The van der Waals surface area contributed by atoms with Crippen LogP contribution in [0.4, 0.5) is 4.39 Å². The summed E-state index contributed by atoms with van der Waals surface area (Å²) >= 11 is 0. The molecule has 9 heteroatoms. The summed E-state index contributed by atoms with van der Waals surface area (Å²) in [5.74, 6) is -0.130. The van der Waals surface area contributed by atoms with Crippen LogP contribution in [0.2, 0.25) is 0 Å². The number of carbonyl (C=O) groups excluding carboxylic acids is 1. The largest absolute Gasteiger partial charge is 0.496 e. The second-order valence-electron chi connectivity index (χ2n) is 7.66. The van der Waals surface area contributed by atoms with E-state index in [1.165, 1.54) is 25.6 Å². The predicted octanol–water partition coefficient (Wildman–Crippen LogP) is 2.59. The van der Waals surface area contributed by atoms with Crippen molar-refractivity contribution in [2.75, 3.05) is 33.0 Å². The van der Waals surface area contributed by atoms with Crippen LogP contribution in [0, 0.1) is 5.82 Å². The van der Waals surface area contributed by atoms with Crippen molar-refractivity contribution in [2.24, 2.45) is 4.40 Å². The SMILES string of the molecule is COc1ccccc1C(=O)NCC1(c2cccc(F)c2)CCN(C=NS(C)(=O)=O)CC1. The Morgan fingerprint density at radius 3 is 2.58 bits per heavy atom. The minimum Gasteiger partial charge on any atom is -0.496 e. The second kappa shape index (κ2) is 9.47. The summed E-state index contributed by atoms with van der Waals surface area (Å²) < 4.78 is 45.4. The number of likely N-dealkylation sites (tertiary alicyclic amines) is 1. The van der Waals surface area contributed by atoms with E-state index in [1.54, 1.807) is 30.3 Å². The molecule has 1 aliphatic heterocycles. The van der Waals surface area contributed by atoms with Crippen molar-refractivity contribution in [2.45, 2.75) is 18.3 Å². The summed E-state index contributed by atoms with van der Waals surface area (Å²) in [7, 11) is -1.95. The summed E-state index contributed by atoms with van der Waals surface area (Å²) in [5, 5.41) is 2.98. The van der Waals surface area contributed by atoms with Crippen molar-refractivity contribution < 1.29 is 22.3 Å². The molecule has 7 nitrogen and oxygen atoms in total. The van der Waals surface area contributed by atoms with Crippen LogP contribution in [-0.4, -0.2) is 58.6 Å². The molecular formula is C22H26FN3O4S. The number of methoxy groups -OCH3 is 1. The highest BCUT2D eigenvalue weighted by atomic mass is 32.2. The molecule has 1 saturated heterocycles. The molecule has 0 saturated carbocycles. The van der Waals surface area contributed by atoms with Gasteiger partial charge in [0.1, 0.15) is 17.9 Å². The van der Waals surface area contributed by atoms with Crippen LogP contribution in [0.3, 0.4) is 0 Å². The topological polar surface area (TPSA) is 88.1 Å². The summed E-state index contributed by atoms with van der Waals surface area (Å²) in [6.45, 7) is 1.37. The lowest BCUT2D eigenvalue weighted by Gasteiger charge is -2.42. The van der Waals surface area contributed by atoms with E-state index in [4.69, 9.17) is 4.74 Å². The van der Waals surface area contributed by atoms with Crippen molar-refractivity contribution in [3.05, 3.63) is 65.5 Å². The number of piperidine rings is 1. The van der Waals surface area contributed by atoms with Crippen LogP contribution in [0.1, 0.15) is 28.8 Å². The number of halogens is 1. The monoisotopic (exact) mass is 447 g/mol. The lowest BCUT2D eigenvalue weighted by atomic mass is 9.72. The van der Waals surface area contributed by atoms with Crippen molar-refractivity contribution in [3.63, 3.8) is 0 Å². The second-order valence-corrected chi connectivity index (χ2v) is 9.34. The van der Waals surface area contributed by atoms with E-state index < -0.39 is 15.4 Å². The standard InChI is InChI=1S/C22H26FN3O4S/c1-30-20-9-4-3-8-19(20)21(27)24-15-22(17-6-5-7-18(23)14-17)10-12-26(13-11-22)16-25-31(2,28)29/h3-9,14,16H,10-13,15H2,1-2H3,(H,24,27). The number of amides is 1. The predicted molar refractivity (Wildman–Crippen MR) is 118 cm³/mol. The molecule has 3 rings (SSSR count). The molecule has 1 N–H and O–H groups in total. The van der Waals surface area contributed by atoms with Gasteiger partial charge in [0.25, 0.3) is 15.9 Å². The Labute approximate surface area is 182 Å². The van der Waals surface area contributed by atoms with Gasteiger partial charge in [0, 0.05) is 25.0 Å². The number of nitrogens with zero attached hydrogens (tertiary/aromatic N) is 2. The van der Waals surface area contributed by atoms with Crippen molar-refractivity contribution >= 4 is 22.3 Å². The van der Waals surface area contributed by atoms with E-state index in [-0.39, 0.29) is 11.7 Å². The van der Waals surface area contributed by atoms with Gasteiger partial charge in [-0.25, -0.2) is 12.8 Å². The summed E-state index contributed by atoms with van der Waals surface area (Å²) in [4.78, 5) is 14.6. The Morgan fingerprint density at radius 2 is 1.94 bits per heavy atom. The molecule has 1 heterocycles. The zero-order valence-electron chi connectivity index (χ0n) is 17.5. The summed E-state index contributed by atoms with van der Waals surface area (Å²) in [6.07, 6.45) is 3.56. The number of para-hydroxylation sites is 1. The van der Waals surface area contributed by atoms with E-state index in [1.807, 2.05) is 11.0 Å². The molecule has 31 heavy (non-hydrogen) atoms. The molecular weight excluding hydrogens is 421 g/mol. The third kappa shape index (κ3) is 5.81. The van der Waals surface area contributed by atoms with Crippen LogP contribution in [0.25, 0.3) is 0 Å². The Bertz CT molecular complexity index is 1060. The van der Waals surface area contributed by atoms with Gasteiger partial charge in [0.2, 0.25) is 0 Å². The number of hydrogen-bond acceptors (Lipinski definition) is 4. The first-order chi connectivity index (χ1) is 14.7. The van der Waals surface area contributed by atoms with Gasteiger partial charge in [-0.15, -0.1) is 0 Å². The first kappa shape index (κ1) is 22.7. The van der Waals surface area contributed by atoms with Gasteiger partial charge >= 0.3 is 0 Å². The van der Waals surface area contributed by atoms with Crippen LogP contribution >= 0.6 is 0 Å². The molecule has 166 valence electrons. The third-order valence-electron chi connectivity index (χ3n) is 5.53. The van der Waals surface area contributed by atoms with Crippen molar-refractivity contribution in [3.8, 4) is 5.75 Å². The Morgan fingerprint density at radius 1 is 1.23 bits per heavy atom. The zero-order chi connectivity index (χ0) is 22.5. The minimum absolute atomic E-state index is 0.269. The number of sulfonamides is 1.